The quantitative estimate of drug-likeness (QED) is 0.586. The number of hydrogen-bond acceptors (Lipinski definition) is 3. The van der Waals surface area contributed by atoms with Crippen LogP contribution in [0.4, 0.5) is 0 Å². The third kappa shape index (κ3) is 7.27. The molecule has 1 atom stereocenters. The molecule has 5 nitrogen and oxygen atoms in total. The first-order valence-electron chi connectivity index (χ1n) is 6.54. The second kappa shape index (κ2) is 8.08. The van der Waals surface area contributed by atoms with Gasteiger partial charge >= 0.3 is 5.97 Å². The topological polar surface area (TPSA) is 86.6 Å². The minimum absolute atomic E-state index is 0.0257. The van der Waals surface area contributed by atoms with Gasteiger partial charge in [-0.1, -0.05) is 26.7 Å². The van der Waals surface area contributed by atoms with Crippen molar-refractivity contribution in [1.82, 2.24) is 5.32 Å². The lowest BCUT2D eigenvalue weighted by Crippen LogP contribution is -2.44. The van der Waals surface area contributed by atoms with Gasteiger partial charge in [0.2, 0.25) is 5.91 Å². The van der Waals surface area contributed by atoms with Crippen molar-refractivity contribution in [2.24, 2.45) is 5.92 Å². The molecule has 5 heteroatoms. The number of aliphatic carboxylic acids is 1. The van der Waals surface area contributed by atoms with Crippen molar-refractivity contribution in [3.63, 3.8) is 0 Å². The molecule has 0 spiro atoms. The highest BCUT2D eigenvalue weighted by atomic mass is 16.4. The van der Waals surface area contributed by atoms with E-state index >= 15 is 0 Å². The van der Waals surface area contributed by atoms with Crippen LogP contribution in [0.3, 0.4) is 0 Å². The average molecular weight is 259 g/mol. The van der Waals surface area contributed by atoms with Gasteiger partial charge < -0.3 is 15.5 Å². The van der Waals surface area contributed by atoms with Crippen molar-refractivity contribution in [3.05, 3.63) is 0 Å². The molecular formula is C13H25NO4. The average Bonchev–Trinajstić information content (AvgIpc) is 2.24. The van der Waals surface area contributed by atoms with Gasteiger partial charge in [0.05, 0.1) is 12.0 Å². The Kier molecular flexibility index (Phi) is 7.59. The smallest absolute Gasteiger partial charge is 0.306 e. The number of carbonyl (C=O) groups is 2. The van der Waals surface area contributed by atoms with E-state index in [-0.39, 0.29) is 24.8 Å². The highest BCUT2D eigenvalue weighted by Gasteiger charge is 2.26. The maximum Gasteiger partial charge on any atom is 0.306 e. The fourth-order valence-corrected chi connectivity index (χ4v) is 1.91. The normalized spacial score (nSPS) is 14.3. The molecule has 1 amide bonds. The molecule has 0 aromatic carbocycles. The lowest BCUT2D eigenvalue weighted by molar-refractivity contribution is -0.142. The molecule has 3 N–H and O–H groups in total. The van der Waals surface area contributed by atoms with Gasteiger partial charge in [0.25, 0.3) is 0 Å². The molecule has 0 aliphatic rings. The molecule has 0 aliphatic heterocycles. The van der Waals surface area contributed by atoms with Crippen LogP contribution < -0.4 is 5.32 Å². The molecule has 0 radical (unpaired) electrons. The van der Waals surface area contributed by atoms with Crippen LogP contribution in [0.2, 0.25) is 0 Å². The standard InChI is InChI=1S/C13H25NO4/c1-4-6-10(7-5-2)12(17)14-9-13(3,18)8-11(15)16/h10,18H,4-9H2,1-3H3,(H,14,17)(H,15,16). The third-order valence-corrected chi connectivity index (χ3v) is 2.82. The second-order valence-corrected chi connectivity index (χ2v) is 5.06. The van der Waals surface area contributed by atoms with E-state index in [0.29, 0.717) is 0 Å². The Morgan fingerprint density at radius 3 is 2.11 bits per heavy atom. The van der Waals surface area contributed by atoms with Crippen molar-refractivity contribution in [3.8, 4) is 0 Å². The second-order valence-electron chi connectivity index (χ2n) is 5.06. The van der Waals surface area contributed by atoms with Gasteiger partial charge in [-0.3, -0.25) is 9.59 Å². The molecule has 1 unspecified atom stereocenters. The largest absolute Gasteiger partial charge is 0.481 e. The van der Waals surface area contributed by atoms with Gasteiger partial charge in [0.1, 0.15) is 0 Å². The molecule has 0 heterocycles. The maximum absolute atomic E-state index is 11.9. The number of rotatable bonds is 9. The molecule has 0 rings (SSSR count). The number of hydrogen-bond donors (Lipinski definition) is 3. The van der Waals surface area contributed by atoms with E-state index in [1.54, 1.807) is 0 Å². The summed E-state index contributed by atoms with van der Waals surface area (Å²) in [5.41, 5.74) is -1.40. The highest BCUT2D eigenvalue weighted by Crippen LogP contribution is 2.14. The fourth-order valence-electron chi connectivity index (χ4n) is 1.91. The molecule has 0 aromatic heterocycles. The van der Waals surface area contributed by atoms with E-state index < -0.39 is 11.6 Å². The van der Waals surface area contributed by atoms with Gasteiger partial charge in [-0.2, -0.15) is 0 Å². The monoisotopic (exact) mass is 259 g/mol. The number of carboxylic acid groups (broad SMARTS) is 1. The zero-order valence-electron chi connectivity index (χ0n) is 11.5. The molecule has 106 valence electrons. The number of amides is 1. The van der Waals surface area contributed by atoms with Crippen LogP contribution in [0.5, 0.6) is 0 Å². The van der Waals surface area contributed by atoms with Crippen LogP contribution in [0.15, 0.2) is 0 Å². The molecule has 0 bridgehead atoms. The first kappa shape index (κ1) is 16.9. The summed E-state index contributed by atoms with van der Waals surface area (Å²) in [5, 5.41) is 21.0. The molecule has 0 saturated carbocycles. The number of carbonyl (C=O) groups excluding carboxylic acids is 1. The summed E-state index contributed by atoms with van der Waals surface area (Å²) < 4.78 is 0. The SMILES string of the molecule is CCCC(CCC)C(=O)NCC(C)(O)CC(=O)O. The van der Waals surface area contributed by atoms with Crippen molar-refractivity contribution in [1.29, 1.82) is 0 Å². The van der Waals surface area contributed by atoms with Gasteiger partial charge in [0, 0.05) is 12.5 Å². The Bertz CT molecular complexity index is 270. The number of nitrogens with one attached hydrogen (secondary N) is 1. The predicted octanol–water partition coefficient (Wildman–Crippen LogP) is 1.54. The van der Waals surface area contributed by atoms with Gasteiger partial charge in [-0.25, -0.2) is 0 Å². The molecule has 0 aliphatic carbocycles. The van der Waals surface area contributed by atoms with Crippen LogP contribution in [-0.2, 0) is 9.59 Å². The van der Waals surface area contributed by atoms with E-state index in [1.165, 1.54) is 6.92 Å². The summed E-state index contributed by atoms with van der Waals surface area (Å²) in [5.74, 6) is -1.21. The van der Waals surface area contributed by atoms with Crippen LogP contribution in [-0.4, -0.2) is 34.2 Å². The zero-order valence-corrected chi connectivity index (χ0v) is 11.5. The Morgan fingerprint density at radius 2 is 1.72 bits per heavy atom. The van der Waals surface area contributed by atoms with Crippen molar-refractivity contribution >= 4 is 11.9 Å². The molecule has 0 fully saturated rings. The minimum atomic E-state index is -1.40. The summed E-state index contributed by atoms with van der Waals surface area (Å²) in [7, 11) is 0. The van der Waals surface area contributed by atoms with Gasteiger partial charge in [-0.15, -0.1) is 0 Å². The van der Waals surface area contributed by atoms with Gasteiger partial charge in [0.15, 0.2) is 0 Å². The van der Waals surface area contributed by atoms with E-state index in [9.17, 15) is 14.7 Å². The van der Waals surface area contributed by atoms with E-state index in [4.69, 9.17) is 5.11 Å². The van der Waals surface area contributed by atoms with E-state index in [0.717, 1.165) is 25.7 Å². The summed E-state index contributed by atoms with van der Waals surface area (Å²) in [6.45, 7) is 5.44. The summed E-state index contributed by atoms with van der Waals surface area (Å²) in [4.78, 5) is 22.4. The summed E-state index contributed by atoms with van der Waals surface area (Å²) in [6, 6.07) is 0. The Balaban J connectivity index is 4.24. The Labute approximate surface area is 109 Å². The number of carboxylic acids is 1. The molecule has 0 saturated heterocycles. The summed E-state index contributed by atoms with van der Waals surface area (Å²) in [6.07, 6.45) is 3.13. The lowest BCUT2D eigenvalue weighted by Gasteiger charge is -2.23. The van der Waals surface area contributed by atoms with Crippen LogP contribution >= 0.6 is 0 Å². The third-order valence-electron chi connectivity index (χ3n) is 2.82. The van der Waals surface area contributed by atoms with Crippen molar-refractivity contribution in [2.75, 3.05) is 6.54 Å². The molecule has 0 aromatic rings. The van der Waals surface area contributed by atoms with Crippen molar-refractivity contribution < 1.29 is 19.8 Å². The highest BCUT2D eigenvalue weighted by molar-refractivity contribution is 5.78. The van der Waals surface area contributed by atoms with Crippen molar-refractivity contribution in [2.45, 2.75) is 58.5 Å². The van der Waals surface area contributed by atoms with Crippen LogP contribution in [0.25, 0.3) is 0 Å². The lowest BCUT2D eigenvalue weighted by atomic mass is 9.96. The predicted molar refractivity (Wildman–Crippen MR) is 69.2 cm³/mol. The first-order chi connectivity index (χ1) is 8.32. The zero-order chi connectivity index (χ0) is 14.2. The minimum Gasteiger partial charge on any atom is -0.481 e. The number of aliphatic hydroxyl groups is 1. The van der Waals surface area contributed by atoms with Gasteiger partial charge in [-0.05, 0) is 19.8 Å². The molecular weight excluding hydrogens is 234 g/mol. The Hall–Kier alpha value is -1.10. The van der Waals surface area contributed by atoms with Crippen LogP contribution in [0, 0.1) is 5.92 Å². The van der Waals surface area contributed by atoms with E-state index in [1.807, 2.05) is 13.8 Å². The van der Waals surface area contributed by atoms with Crippen LogP contribution in [0.1, 0.15) is 52.9 Å². The fraction of sp³-hybridized carbons (Fsp3) is 0.846. The first-order valence-corrected chi connectivity index (χ1v) is 6.54. The van der Waals surface area contributed by atoms with E-state index in [2.05, 4.69) is 5.32 Å². The Morgan fingerprint density at radius 1 is 1.22 bits per heavy atom. The molecule has 18 heavy (non-hydrogen) atoms. The summed E-state index contributed by atoms with van der Waals surface area (Å²) >= 11 is 0. The maximum atomic E-state index is 11.9.